The first-order valence-corrected chi connectivity index (χ1v) is 6.86. The first-order chi connectivity index (χ1) is 9.45. The lowest BCUT2D eigenvalue weighted by molar-refractivity contribution is 0.242. The third-order valence-corrected chi connectivity index (χ3v) is 3.04. The number of rotatable bonds is 4. The summed E-state index contributed by atoms with van der Waals surface area (Å²) in [5.41, 5.74) is 6.49. The van der Waals surface area contributed by atoms with Gasteiger partial charge in [-0.2, -0.15) is 0 Å². The molecule has 0 amide bonds. The molecule has 0 aliphatic carbocycles. The Hall–Kier alpha value is -1.65. The van der Waals surface area contributed by atoms with E-state index in [1.54, 1.807) is 6.07 Å². The average molecular weight is 312 g/mol. The molecule has 0 saturated carbocycles. The van der Waals surface area contributed by atoms with E-state index in [0.717, 1.165) is 11.4 Å². The highest BCUT2D eigenvalue weighted by Crippen LogP contribution is 2.30. The molecule has 106 valence electrons. The fourth-order valence-corrected chi connectivity index (χ4v) is 2.00. The predicted molar refractivity (Wildman–Crippen MR) is 84.2 cm³/mol. The summed E-state index contributed by atoms with van der Waals surface area (Å²) in [5.74, 6) is 1.50. The zero-order chi connectivity index (χ0) is 14.7. The van der Waals surface area contributed by atoms with Gasteiger partial charge in [0, 0.05) is 5.69 Å². The highest BCUT2D eigenvalue weighted by Gasteiger charge is 2.07. The lowest BCUT2D eigenvalue weighted by atomic mass is 10.3. The van der Waals surface area contributed by atoms with Crippen LogP contribution in [-0.4, -0.2) is 11.1 Å². The number of hydrogen-bond donors (Lipinski definition) is 2. The van der Waals surface area contributed by atoms with Gasteiger partial charge in [0.1, 0.15) is 11.6 Å². The third kappa shape index (κ3) is 3.68. The Morgan fingerprint density at radius 1 is 1.15 bits per heavy atom. The number of anilines is 3. The number of halogens is 2. The molecule has 4 nitrogen and oxygen atoms in total. The highest BCUT2D eigenvalue weighted by atomic mass is 35.5. The zero-order valence-corrected chi connectivity index (χ0v) is 12.7. The van der Waals surface area contributed by atoms with E-state index in [1.807, 2.05) is 38.1 Å². The van der Waals surface area contributed by atoms with Crippen LogP contribution in [0.3, 0.4) is 0 Å². The molecule has 2 rings (SSSR count). The van der Waals surface area contributed by atoms with Crippen molar-refractivity contribution < 1.29 is 4.74 Å². The molecule has 0 atom stereocenters. The van der Waals surface area contributed by atoms with E-state index >= 15 is 0 Å². The minimum absolute atomic E-state index is 0.140. The first kappa shape index (κ1) is 14.8. The van der Waals surface area contributed by atoms with Gasteiger partial charge < -0.3 is 15.8 Å². The van der Waals surface area contributed by atoms with E-state index in [1.165, 1.54) is 0 Å². The summed E-state index contributed by atoms with van der Waals surface area (Å²) in [7, 11) is 0. The molecular formula is C14H15Cl2N3O. The van der Waals surface area contributed by atoms with Crippen LogP contribution in [-0.2, 0) is 0 Å². The van der Waals surface area contributed by atoms with E-state index in [2.05, 4.69) is 10.3 Å². The van der Waals surface area contributed by atoms with Gasteiger partial charge in [0.05, 0.1) is 16.1 Å². The van der Waals surface area contributed by atoms with Gasteiger partial charge in [0.2, 0.25) is 0 Å². The Balaban J connectivity index is 2.16. The van der Waals surface area contributed by atoms with Crippen LogP contribution in [0.15, 0.2) is 30.3 Å². The number of nitrogens with zero attached hydrogens (tertiary/aromatic N) is 1. The molecule has 0 unspecified atom stereocenters. The second-order valence-corrected chi connectivity index (χ2v) is 5.32. The topological polar surface area (TPSA) is 60.2 Å². The Labute approximate surface area is 127 Å². The molecule has 1 aromatic carbocycles. The molecule has 0 radical (unpaired) electrons. The lowest BCUT2D eigenvalue weighted by Crippen LogP contribution is -2.05. The Morgan fingerprint density at radius 3 is 2.40 bits per heavy atom. The third-order valence-electron chi connectivity index (χ3n) is 2.45. The summed E-state index contributed by atoms with van der Waals surface area (Å²) in [5, 5.41) is 3.83. The molecule has 1 heterocycles. The largest absolute Gasteiger partial charge is 0.491 e. The lowest BCUT2D eigenvalue weighted by Gasteiger charge is -2.12. The Morgan fingerprint density at radius 2 is 1.80 bits per heavy atom. The van der Waals surface area contributed by atoms with Crippen molar-refractivity contribution in [3.8, 4) is 5.75 Å². The summed E-state index contributed by atoms with van der Waals surface area (Å²) in [4.78, 5) is 4.11. The van der Waals surface area contributed by atoms with Gasteiger partial charge in [-0.25, -0.2) is 4.98 Å². The van der Waals surface area contributed by atoms with Crippen LogP contribution in [0.5, 0.6) is 5.75 Å². The Kier molecular flexibility index (Phi) is 4.57. The molecule has 0 bridgehead atoms. The minimum Gasteiger partial charge on any atom is -0.491 e. The van der Waals surface area contributed by atoms with Crippen molar-refractivity contribution in [3.05, 3.63) is 40.4 Å². The second kappa shape index (κ2) is 6.20. The van der Waals surface area contributed by atoms with E-state index in [9.17, 15) is 0 Å². The zero-order valence-electron chi connectivity index (χ0n) is 11.2. The monoisotopic (exact) mass is 311 g/mol. The van der Waals surface area contributed by atoms with E-state index < -0.39 is 0 Å². The fraction of sp³-hybridized carbons (Fsp3) is 0.214. The summed E-state index contributed by atoms with van der Waals surface area (Å²) < 4.78 is 5.57. The molecule has 0 saturated heterocycles. The van der Waals surface area contributed by atoms with Crippen LogP contribution in [0.25, 0.3) is 0 Å². The van der Waals surface area contributed by atoms with Crippen molar-refractivity contribution in [2.24, 2.45) is 0 Å². The molecule has 20 heavy (non-hydrogen) atoms. The van der Waals surface area contributed by atoms with Crippen molar-refractivity contribution in [2.75, 3.05) is 11.1 Å². The number of nitrogen functional groups attached to an aromatic ring is 1. The summed E-state index contributed by atoms with van der Waals surface area (Å²) in [6.45, 7) is 3.96. The molecule has 0 aliphatic heterocycles. The van der Waals surface area contributed by atoms with Crippen LogP contribution in [0.2, 0.25) is 10.0 Å². The molecular weight excluding hydrogens is 297 g/mol. The predicted octanol–water partition coefficient (Wildman–Crippen LogP) is 4.50. The maximum atomic E-state index is 6.06. The van der Waals surface area contributed by atoms with Crippen molar-refractivity contribution in [1.82, 2.24) is 4.98 Å². The summed E-state index contributed by atoms with van der Waals surface area (Å²) in [6, 6.07) is 9.05. The Bertz CT molecular complexity index is 600. The maximum Gasteiger partial charge on any atom is 0.151 e. The first-order valence-electron chi connectivity index (χ1n) is 6.11. The van der Waals surface area contributed by atoms with Gasteiger partial charge >= 0.3 is 0 Å². The second-order valence-electron chi connectivity index (χ2n) is 4.50. The number of aromatic nitrogens is 1. The molecule has 2 aromatic rings. The fourth-order valence-electron chi connectivity index (χ4n) is 1.59. The van der Waals surface area contributed by atoms with E-state index in [4.69, 9.17) is 33.7 Å². The van der Waals surface area contributed by atoms with Crippen LogP contribution in [0.4, 0.5) is 17.3 Å². The van der Waals surface area contributed by atoms with Gasteiger partial charge in [-0.15, -0.1) is 0 Å². The van der Waals surface area contributed by atoms with Crippen LogP contribution < -0.4 is 15.8 Å². The standard InChI is InChI=1S/C14H15Cl2N3O/c1-8(2)20-10-5-3-9(4-6-10)18-14-12(16)7-11(15)13(17)19-14/h3-8H,1-2H3,(H3,17,18,19). The molecule has 1 aromatic heterocycles. The number of nitrogens with two attached hydrogens (primary N) is 1. The number of benzene rings is 1. The van der Waals surface area contributed by atoms with Gasteiger partial charge in [0.15, 0.2) is 5.82 Å². The molecule has 6 heteroatoms. The minimum atomic E-state index is 0.140. The van der Waals surface area contributed by atoms with Crippen LogP contribution in [0.1, 0.15) is 13.8 Å². The highest BCUT2D eigenvalue weighted by molar-refractivity contribution is 6.37. The number of nitrogens with one attached hydrogen (secondary N) is 1. The quantitative estimate of drug-likeness (QED) is 0.872. The van der Waals surface area contributed by atoms with Gasteiger partial charge in [-0.1, -0.05) is 23.2 Å². The smallest absolute Gasteiger partial charge is 0.151 e. The number of pyridine rings is 1. The molecule has 3 N–H and O–H groups in total. The molecule has 0 aliphatic rings. The summed E-state index contributed by atoms with van der Waals surface area (Å²) >= 11 is 11.9. The van der Waals surface area contributed by atoms with Crippen molar-refractivity contribution in [3.63, 3.8) is 0 Å². The van der Waals surface area contributed by atoms with Crippen molar-refractivity contribution in [1.29, 1.82) is 0 Å². The molecule has 0 spiro atoms. The maximum absolute atomic E-state index is 6.06. The normalized spacial score (nSPS) is 10.7. The van der Waals surface area contributed by atoms with Gasteiger partial charge in [-0.05, 0) is 44.2 Å². The van der Waals surface area contributed by atoms with Crippen LogP contribution >= 0.6 is 23.2 Å². The van der Waals surface area contributed by atoms with Gasteiger partial charge in [-0.3, -0.25) is 0 Å². The van der Waals surface area contributed by atoms with Crippen molar-refractivity contribution >= 4 is 40.5 Å². The van der Waals surface area contributed by atoms with E-state index in [-0.39, 0.29) is 11.9 Å². The van der Waals surface area contributed by atoms with Crippen LogP contribution in [0, 0.1) is 0 Å². The average Bonchev–Trinajstić information content (AvgIpc) is 2.37. The molecule has 0 fully saturated rings. The van der Waals surface area contributed by atoms with E-state index in [0.29, 0.717) is 15.9 Å². The SMILES string of the molecule is CC(C)Oc1ccc(Nc2nc(N)c(Cl)cc2Cl)cc1. The van der Waals surface area contributed by atoms with Crippen molar-refractivity contribution in [2.45, 2.75) is 20.0 Å². The van der Waals surface area contributed by atoms with Gasteiger partial charge in [0.25, 0.3) is 0 Å². The summed E-state index contributed by atoms with van der Waals surface area (Å²) in [6.07, 6.45) is 0.140. The number of ether oxygens (including phenoxy) is 1. The number of hydrogen-bond acceptors (Lipinski definition) is 4.